The average Bonchev–Trinajstić information content (AvgIpc) is 2.71. The first-order chi connectivity index (χ1) is 8.94. The fourth-order valence-electron chi connectivity index (χ4n) is 3.79. The molecule has 0 N–H and O–H groups in total. The lowest BCUT2D eigenvalue weighted by atomic mass is 10.2. The van der Waals surface area contributed by atoms with Gasteiger partial charge in [0.25, 0.3) is 0 Å². The van der Waals surface area contributed by atoms with E-state index in [1.165, 1.54) is 19.3 Å². The van der Waals surface area contributed by atoms with Crippen LogP contribution in [-0.4, -0.2) is 19.2 Å². The van der Waals surface area contributed by atoms with Crippen molar-refractivity contribution in [1.82, 2.24) is 4.98 Å². The van der Waals surface area contributed by atoms with Crippen LogP contribution in [0.2, 0.25) is 0 Å². The molecule has 0 bridgehead atoms. The highest BCUT2D eigenvalue weighted by atomic mass is 32.2. The minimum Gasteiger partial charge on any atom is -0.257 e. The van der Waals surface area contributed by atoms with Crippen LogP contribution < -0.4 is 0 Å². The molecular formula is C15H21NO2S. The van der Waals surface area contributed by atoms with Crippen LogP contribution in [0.5, 0.6) is 0 Å². The van der Waals surface area contributed by atoms with E-state index in [-0.39, 0.29) is 5.75 Å². The first-order valence-corrected chi connectivity index (χ1v) is 8.91. The number of aromatic nitrogens is 1. The maximum atomic E-state index is 12.3. The van der Waals surface area contributed by atoms with Crippen LogP contribution in [-0.2, 0) is 15.6 Å². The number of aryl methyl sites for hydroxylation is 2. The van der Waals surface area contributed by atoms with Crippen molar-refractivity contribution < 1.29 is 8.42 Å². The number of sulfone groups is 1. The zero-order valence-corrected chi connectivity index (χ0v) is 12.4. The highest BCUT2D eigenvalue weighted by Crippen LogP contribution is 2.57. The monoisotopic (exact) mass is 279 g/mol. The summed E-state index contributed by atoms with van der Waals surface area (Å²) >= 11 is 0. The van der Waals surface area contributed by atoms with Crippen molar-refractivity contribution in [3.05, 3.63) is 29.1 Å². The highest BCUT2D eigenvalue weighted by molar-refractivity contribution is 7.90. The van der Waals surface area contributed by atoms with Gasteiger partial charge in [-0.1, -0.05) is 6.42 Å². The third kappa shape index (κ3) is 2.83. The van der Waals surface area contributed by atoms with Gasteiger partial charge in [0.2, 0.25) is 0 Å². The van der Waals surface area contributed by atoms with Crippen LogP contribution in [0, 0.1) is 31.6 Å². The molecule has 3 rings (SSSR count). The van der Waals surface area contributed by atoms with E-state index in [4.69, 9.17) is 0 Å². The van der Waals surface area contributed by atoms with E-state index < -0.39 is 9.84 Å². The van der Waals surface area contributed by atoms with Crippen molar-refractivity contribution in [1.29, 1.82) is 0 Å². The van der Waals surface area contributed by atoms with Gasteiger partial charge in [-0.2, -0.15) is 0 Å². The molecule has 0 aliphatic heterocycles. The number of hydrogen-bond acceptors (Lipinski definition) is 3. The summed E-state index contributed by atoms with van der Waals surface area (Å²) < 4.78 is 24.5. The van der Waals surface area contributed by atoms with Crippen LogP contribution in [0.25, 0.3) is 0 Å². The molecule has 19 heavy (non-hydrogen) atoms. The number of hydrogen-bond donors (Lipinski definition) is 0. The molecule has 0 saturated heterocycles. The Balaban J connectivity index is 1.68. The summed E-state index contributed by atoms with van der Waals surface area (Å²) in [6.07, 6.45) is 3.78. The second-order valence-corrected chi connectivity index (χ2v) is 8.36. The Bertz CT molecular complexity index is 564. The molecule has 2 unspecified atom stereocenters. The van der Waals surface area contributed by atoms with E-state index in [2.05, 4.69) is 4.98 Å². The van der Waals surface area contributed by atoms with E-state index in [1.807, 2.05) is 26.0 Å². The summed E-state index contributed by atoms with van der Waals surface area (Å²) in [6.45, 7) is 3.89. The lowest BCUT2D eigenvalue weighted by Crippen LogP contribution is -2.14. The van der Waals surface area contributed by atoms with Gasteiger partial charge < -0.3 is 0 Å². The van der Waals surface area contributed by atoms with Crippen molar-refractivity contribution >= 4 is 9.84 Å². The molecule has 0 amide bonds. The van der Waals surface area contributed by atoms with Crippen molar-refractivity contribution in [2.75, 3.05) is 5.75 Å². The molecule has 0 aromatic carbocycles. The number of rotatable bonds is 4. The maximum absolute atomic E-state index is 12.3. The van der Waals surface area contributed by atoms with Gasteiger partial charge >= 0.3 is 0 Å². The topological polar surface area (TPSA) is 47.0 Å². The molecule has 1 aromatic heterocycles. The maximum Gasteiger partial charge on any atom is 0.156 e. The highest BCUT2D eigenvalue weighted by Gasteiger charge is 2.53. The summed E-state index contributed by atoms with van der Waals surface area (Å²) in [5.74, 6) is 2.34. The predicted octanol–water partition coefficient (Wildman–Crippen LogP) is 2.66. The zero-order chi connectivity index (χ0) is 13.6. The Hall–Kier alpha value is -0.900. The molecule has 2 atom stereocenters. The number of fused-ring (bicyclic) bond motifs is 1. The molecule has 2 aliphatic rings. The summed E-state index contributed by atoms with van der Waals surface area (Å²) in [6, 6.07) is 3.86. The smallest absolute Gasteiger partial charge is 0.156 e. The summed E-state index contributed by atoms with van der Waals surface area (Å²) in [5, 5.41) is 0. The second kappa shape index (κ2) is 4.58. The van der Waals surface area contributed by atoms with Gasteiger partial charge in [0, 0.05) is 5.69 Å². The van der Waals surface area contributed by atoms with E-state index in [1.54, 1.807) is 0 Å². The van der Waals surface area contributed by atoms with E-state index in [9.17, 15) is 8.42 Å². The normalized spacial score (nSPS) is 29.3. The third-order valence-electron chi connectivity index (χ3n) is 4.55. The molecule has 104 valence electrons. The van der Waals surface area contributed by atoms with Gasteiger partial charge in [-0.3, -0.25) is 4.98 Å². The second-order valence-electron chi connectivity index (χ2n) is 6.25. The van der Waals surface area contributed by atoms with E-state index >= 15 is 0 Å². The van der Waals surface area contributed by atoms with Gasteiger partial charge in [-0.15, -0.1) is 0 Å². The average molecular weight is 279 g/mol. The Morgan fingerprint density at radius 1 is 1.21 bits per heavy atom. The Morgan fingerprint density at radius 2 is 1.89 bits per heavy atom. The van der Waals surface area contributed by atoms with Gasteiger partial charge in [-0.25, -0.2) is 8.42 Å². The molecule has 3 nitrogen and oxygen atoms in total. The van der Waals surface area contributed by atoms with Gasteiger partial charge in [0.05, 0.1) is 17.2 Å². The molecular weight excluding hydrogens is 258 g/mol. The first kappa shape index (κ1) is 13.1. The van der Waals surface area contributed by atoms with Crippen LogP contribution in [0.1, 0.15) is 36.2 Å². The summed E-state index contributed by atoms with van der Waals surface area (Å²) in [7, 11) is -3.01. The quantitative estimate of drug-likeness (QED) is 0.851. The molecule has 0 spiro atoms. The first-order valence-electron chi connectivity index (χ1n) is 7.09. The SMILES string of the molecule is Cc1cc(C)nc(CS(=O)(=O)CC2C3CCCC32)c1. The van der Waals surface area contributed by atoms with Crippen molar-refractivity contribution in [2.24, 2.45) is 17.8 Å². The molecule has 4 heteroatoms. The third-order valence-corrected chi connectivity index (χ3v) is 6.18. The summed E-state index contributed by atoms with van der Waals surface area (Å²) in [5.41, 5.74) is 2.68. The van der Waals surface area contributed by atoms with Gasteiger partial charge in [-0.05, 0) is 62.1 Å². The van der Waals surface area contributed by atoms with Crippen LogP contribution in [0.4, 0.5) is 0 Å². The van der Waals surface area contributed by atoms with Crippen molar-refractivity contribution in [3.8, 4) is 0 Å². The Kier molecular flexibility index (Phi) is 3.16. The number of nitrogens with zero attached hydrogens (tertiary/aromatic N) is 1. The van der Waals surface area contributed by atoms with E-state index in [0.717, 1.165) is 11.3 Å². The lowest BCUT2D eigenvalue weighted by molar-refractivity contribution is 0.572. The predicted molar refractivity (Wildman–Crippen MR) is 75.5 cm³/mol. The molecule has 2 saturated carbocycles. The summed E-state index contributed by atoms with van der Waals surface area (Å²) in [4.78, 5) is 4.34. The van der Waals surface area contributed by atoms with Crippen LogP contribution in [0.15, 0.2) is 12.1 Å². The Morgan fingerprint density at radius 3 is 2.53 bits per heavy atom. The van der Waals surface area contributed by atoms with Gasteiger partial charge in [0.15, 0.2) is 9.84 Å². The standard InChI is InChI=1S/C15H21NO2S/c1-10-6-11(2)16-12(7-10)8-19(17,18)9-15-13-4-3-5-14(13)15/h6-7,13-15H,3-5,8-9H2,1-2H3. The fourth-order valence-corrected chi connectivity index (χ4v) is 5.59. The molecule has 1 aromatic rings. The molecule has 2 aliphatic carbocycles. The lowest BCUT2D eigenvalue weighted by Gasteiger charge is -2.07. The largest absolute Gasteiger partial charge is 0.257 e. The fraction of sp³-hybridized carbons (Fsp3) is 0.667. The number of pyridine rings is 1. The van der Waals surface area contributed by atoms with Gasteiger partial charge in [0.1, 0.15) is 0 Å². The van der Waals surface area contributed by atoms with Crippen LogP contribution in [0.3, 0.4) is 0 Å². The van der Waals surface area contributed by atoms with Crippen molar-refractivity contribution in [2.45, 2.75) is 38.9 Å². The zero-order valence-electron chi connectivity index (χ0n) is 11.6. The van der Waals surface area contributed by atoms with Crippen LogP contribution >= 0.6 is 0 Å². The molecule has 1 heterocycles. The van der Waals surface area contributed by atoms with Crippen molar-refractivity contribution in [3.63, 3.8) is 0 Å². The minimum atomic E-state index is -3.01. The molecule has 0 radical (unpaired) electrons. The molecule has 2 fully saturated rings. The minimum absolute atomic E-state index is 0.103. The van der Waals surface area contributed by atoms with E-state index in [0.29, 0.717) is 29.2 Å². The Labute approximate surface area is 115 Å².